The van der Waals surface area contributed by atoms with Gasteiger partial charge in [-0.25, -0.2) is 0 Å². The van der Waals surface area contributed by atoms with Gasteiger partial charge in [-0.2, -0.15) is 0 Å². The Balaban J connectivity index is 1.75. The molecular weight excluding hydrogens is 268 g/mol. The van der Waals surface area contributed by atoms with Gasteiger partial charge in [0.1, 0.15) is 0 Å². The van der Waals surface area contributed by atoms with Crippen LogP contribution in [0.2, 0.25) is 0 Å². The molecule has 4 nitrogen and oxygen atoms in total. The SMILES string of the molecule is CCN1CCCCC1CNC(=NC)NCc1cccs1. The molecule has 0 spiro atoms. The molecule has 2 heterocycles. The van der Waals surface area contributed by atoms with E-state index in [9.17, 15) is 0 Å². The summed E-state index contributed by atoms with van der Waals surface area (Å²) in [4.78, 5) is 8.21. The van der Waals surface area contributed by atoms with E-state index in [4.69, 9.17) is 0 Å². The molecule has 1 aromatic rings. The van der Waals surface area contributed by atoms with E-state index in [0.717, 1.165) is 25.6 Å². The molecule has 0 aromatic carbocycles. The van der Waals surface area contributed by atoms with Crippen molar-refractivity contribution in [2.24, 2.45) is 4.99 Å². The van der Waals surface area contributed by atoms with Crippen LogP contribution in [0.1, 0.15) is 31.1 Å². The van der Waals surface area contributed by atoms with Crippen LogP contribution in [0.25, 0.3) is 0 Å². The molecule has 0 amide bonds. The summed E-state index contributed by atoms with van der Waals surface area (Å²) in [5.41, 5.74) is 0. The molecule has 1 atom stereocenters. The predicted molar refractivity (Wildman–Crippen MR) is 87.4 cm³/mol. The van der Waals surface area contributed by atoms with Crippen molar-refractivity contribution in [2.45, 2.75) is 38.8 Å². The maximum atomic E-state index is 4.30. The van der Waals surface area contributed by atoms with E-state index < -0.39 is 0 Å². The molecule has 112 valence electrons. The van der Waals surface area contributed by atoms with Crippen LogP contribution in [0.15, 0.2) is 22.5 Å². The Morgan fingerprint density at radius 3 is 3.05 bits per heavy atom. The monoisotopic (exact) mass is 294 g/mol. The van der Waals surface area contributed by atoms with Gasteiger partial charge in [-0.3, -0.25) is 9.89 Å². The number of guanidine groups is 1. The van der Waals surface area contributed by atoms with Crippen molar-refractivity contribution >= 4 is 17.3 Å². The molecule has 1 unspecified atom stereocenters. The van der Waals surface area contributed by atoms with Gasteiger partial charge in [0, 0.05) is 24.5 Å². The number of rotatable bonds is 5. The molecule has 0 aliphatic carbocycles. The number of nitrogens with zero attached hydrogens (tertiary/aromatic N) is 2. The first kappa shape index (κ1) is 15.3. The van der Waals surface area contributed by atoms with Gasteiger partial charge < -0.3 is 10.6 Å². The third-order valence-corrected chi connectivity index (χ3v) is 4.77. The smallest absolute Gasteiger partial charge is 0.191 e. The highest BCUT2D eigenvalue weighted by molar-refractivity contribution is 7.09. The Morgan fingerprint density at radius 2 is 2.35 bits per heavy atom. The number of likely N-dealkylation sites (N-methyl/N-ethyl adjacent to an activating group) is 1. The van der Waals surface area contributed by atoms with Crippen LogP contribution in [0.3, 0.4) is 0 Å². The minimum absolute atomic E-state index is 0.647. The highest BCUT2D eigenvalue weighted by atomic mass is 32.1. The second-order valence-corrected chi connectivity index (χ2v) is 6.20. The minimum Gasteiger partial charge on any atom is -0.355 e. The summed E-state index contributed by atoms with van der Waals surface area (Å²) in [7, 11) is 1.84. The Hall–Kier alpha value is -1.07. The van der Waals surface area contributed by atoms with Gasteiger partial charge in [-0.05, 0) is 37.4 Å². The van der Waals surface area contributed by atoms with Crippen LogP contribution in [-0.4, -0.2) is 43.6 Å². The zero-order valence-electron chi connectivity index (χ0n) is 12.6. The molecule has 20 heavy (non-hydrogen) atoms. The Bertz CT molecular complexity index is 402. The number of likely N-dealkylation sites (tertiary alicyclic amines) is 1. The van der Waals surface area contributed by atoms with Gasteiger partial charge in [-0.15, -0.1) is 11.3 Å². The lowest BCUT2D eigenvalue weighted by Crippen LogP contribution is -2.48. The minimum atomic E-state index is 0.647. The normalized spacial score (nSPS) is 20.9. The van der Waals surface area contributed by atoms with E-state index in [1.807, 2.05) is 7.05 Å². The molecule has 1 aromatic heterocycles. The van der Waals surface area contributed by atoms with Crippen LogP contribution < -0.4 is 10.6 Å². The maximum Gasteiger partial charge on any atom is 0.191 e. The maximum absolute atomic E-state index is 4.30. The highest BCUT2D eigenvalue weighted by Gasteiger charge is 2.20. The summed E-state index contributed by atoms with van der Waals surface area (Å²) in [6.45, 7) is 6.47. The Kier molecular flexibility index (Phi) is 6.33. The lowest BCUT2D eigenvalue weighted by molar-refractivity contribution is 0.157. The van der Waals surface area contributed by atoms with E-state index in [2.05, 4.69) is 45.0 Å². The second-order valence-electron chi connectivity index (χ2n) is 5.16. The van der Waals surface area contributed by atoms with E-state index in [1.54, 1.807) is 11.3 Å². The summed E-state index contributed by atoms with van der Waals surface area (Å²) in [5.74, 6) is 0.903. The number of hydrogen-bond donors (Lipinski definition) is 2. The second kappa shape index (κ2) is 8.27. The molecule has 2 N–H and O–H groups in total. The Morgan fingerprint density at radius 1 is 1.45 bits per heavy atom. The molecule has 1 fully saturated rings. The van der Waals surface area contributed by atoms with Crippen LogP contribution in [0, 0.1) is 0 Å². The van der Waals surface area contributed by atoms with E-state index in [0.29, 0.717) is 6.04 Å². The first-order valence-corrected chi connectivity index (χ1v) is 8.42. The standard InChI is InChI=1S/C15H26N4S/c1-3-19-9-5-4-7-13(19)11-17-15(16-2)18-12-14-8-6-10-20-14/h6,8,10,13H,3-5,7,9,11-12H2,1-2H3,(H2,16,17,18). The van der Waals surface area contributed by atoms with Gasteiger partial charge in [0.05, 0.1) is 6.54 Å². The van der Waals surface area contributed by atoms with Gasteiger partial charge in [0.25, 0.3) is 0 Å². The lowest BCUT2D eigenvalue weighted by atomic mass is 10.0. The molecule has 2 rings (SSSR count). The molecule has 5 heteroatoms. The zero-order valence-corrected chi connectivity index (χ0v) is 13.4. The van der Waals surface area contributed by atoms with E-state index in [1.165, 1.54) is 30.7 Å². The molecule has 0 radical (unpaired) electrons. The molecular formula is C15H26N4S. The average molecular weight is 294 g/mol. The van der Waals surface area contributed by atoms with Gasteiger partial charge in [0.2, 0.25) is 0 Å². The van der Waals surface area contributed by atoms with Crippen molar-refractivity contribution in [2.75, 3.05) is 26.7 Å². The van der Waals surface area contributed by atoms with E-state index >= 15 is 0 Å². The van der Waals surface area contributed by atoms with Gasteiger partial charge in [0.15, 0.2) is 5.96 Å². The number of piperidine rings is 1. The first-order chi connectivity index (χ1) is 9.83. The highest BCUT2D eigenvalue weighted by Crippen LogP contribution is 2.15. The molecule has 0 saturated carbocycles. The number of aliphatic imine (C=N–C) groups is 1. The molecule has 1 saturated heterocycles. The fraction of sp³-hybridized carbons (Fsp3) is 0.667. The van der Waals surface area contributed by atoms with E-state index in [-0.39, 0.29) is 0 Å². The fourth-order valence-electron chi connectivity index (χ4n) is 2.73. The molecule has 1 aliphatic heterocycles. The number of thiophene rings is 1. The zero-order chi connectivity index (χ0) is 14.2. The van der Waals surface area contributed by atoms with Gasteiger partial charge in [-0.1, -0.05) is 19.4 Å². The van der Waals surface area contributed by atoms with Crippen molar-refractivity contribution in [1.29, 1.82) is 0 Å². The van der Waals surface area contributed by atoms with Crippen molar-refractivity contribution in [3.8, 4) is 0 Å². The van der Waals surface area contributed by atoms with Crippen LogP contribution >= 0.6 is 11.3 Å². The topological polar surface area (TPSA) is 39.7 Å². The van der Waals surface area contributed by atoms with Crippen molar-refractivity contribution < 1.29 is 0 Å². The quantitative estimate of drug-likeness (QED) is 0.646. The predicted octanol–water partition coefficient (Wildman–Crippen LogP) is 2.29. The van der Waals surface area contributed by atoms with Crippen molar-refractivity contribution in [3.05, 3.63) is 22.4 Å². The fourth-order valence-corrected chi connectivity index (χ4v) is 3.37. The third-order valence-electron chi connectivity index (χ3n) is 3.89. The number of nitrogens with one attached hydrogen (secondary N) is 2. The van der Waals surface area contributed by atoms with Crippen LogP contribution in [0.5, 0.6) is 0 Å². The van der Waals surface area contributed by atoms with Crippen molar-refractivity contribution in [1.82, 2.24) is 15.5 Å². The average Bonchev–Trinajstić information content (AvgIpc) is 3.01. The summed E-state index contributed by atoms with van der Waals surface area (Å²) in [6, 6.07) is 4.87. The summed E-state index contributed by atoms with van der Waals surface area (Å²) in [5, 5.41) is 8.95. The van der Waals surface area contributed by atoms with Crippen LogP contribution in [0.4, 0.5) is 0 Å². The van der Waals surface area contributed by atoms with Gasteiger partial charge >= 0.3 is 0 Å². The van der Waals surface area contributed by atoms with Crippen LogP contribution in [-0.2, 0) is 6.54 Å². The third kappa shape index (κ3) is 4.49. The number of hydrogen-bond acceptors (Lipinski definition) is 3. The summed E-state index contributed by atoms with van der Waals surface area (Å²) in [6.07, 6.45) is 3.99. The first-order valence-electron chi connectivity index (χ1n) is 7.54. The largest absolute Gasteiger partial charge is 0.355 e. The Labute approximate surface area is 126 Å². The molecule has 1 aliphatic rings. The lowest BCUT2D eigenvalue weighted by Gasteiger charge is -2.35. The summed E-state index contributed by atoms with van der Waals surface area (Å²) >= 11 is 1.77. The van der Waals surface area contributed by atoms with Crippen molar-refractivity contribution in [3.63, 3.8) is 0 Å². The summed E-state index contributed by atoms with van der Waals surface area (Å²) < 4.78 is 0. The molecule has 0 bridgehead atoms.